The molecule has 0 spiro atoms. The Morgan fingerprint density at radius 3 is 2.54 bits per heavy atom. The molecule has 37 heavy (non-hydrogen) atoms. The Bertz CT molecular complexity index is 1250. The molecule has 1 aromatic heterocycles. The first-order valence-corrected chi connectivity index (χ1v) is 12.8. The van der Waals surface area contributed by atoms with Crippen LogP contribution in [0, 0.1) is 11.8 Å². The van der Waals surface area contributed by atoms with Gasteiger partial charge in [0.15, 0.2) is 0 Å². The van der Waals surface area contributed by atoms with Crippen molar-refractivity contribution in [2.75, 3.05) is 38.7 Å². The number of pyridine rings is 1. The number of methoxy groups -OCH3 is 1. The molecule has 1 unspecified atom stereocenters. The first-order valence-electron chi connectivity index (χ1n) is 12.8. The number of carbonyl (C=O) groups excluding carboxylic acids is 1. The van der Waals surface area contributed by atoms with Crippen LogP contribution in [0.15, 0.2) is 72.9 Å². The lowest BCUT2D eigenvalue weighted by atomic mass is 9.74. The van der Waals surface area contributed by atoms with Gasteiger partial charge in [-0.3, -0.25) is 4.90 Å². The molecule has 3 atom stereocenters. The molecule has 2 aliphatic rings. The predicted molar refractivity (Wildman–Crippen MR) is 144 cm³/mol. The van der Waals surface area contributed by atoms with Crippen LogP contribution in [0.5, 0.6) is 5.75 Å². The number of benzene rings is 2. The number of ether oxygens (including phenoxy) is 1. The zero-order chi connectivity index (χ0) is 25.6. The summed E-state index contributed by atoms with van der Waals surface area (Å²) in [6.45, 7) is 2.36. The van der Waals surface area contributed by atoms with E-state index in [2.05, 4.69) is 39.2 Å². The molecule has 7 nitrogen and oxygen atoms in total. The van der Waals surface area contributed by atoms with Crippen molar-refractivity contribution in [2.45, 2.75) is 30.8 Å². The second kappa shape index (κ2) is 11.5. The fraction of sp³-hybridized carbons (Fsp3) is 0.333. The van der Waals surface area contributed by atoms with Gasteiger partial charge in [-0.1, -0.05) is 24.1 Å². The molecule has 7 heteroatoms. The van der Waals surface area contributed by atoms with Gasteiger partial charge in [-0.2, -0.15) is 0 Å². The lowest BCUT2D eigenvalue weighted by molar-refractivity contribution is -0.0585. The summed E-state index contributed by atoms with van der Waals surface area (Å²) in [7, 11) is 1.62. The Balaban J connectivity index is 1.30. The summed E-state index contributed by atoms with van der Waals surface area (Å²) in [6, 6.07) is 21.4. The predicted octanol–water partition coefficient (Wildman–Crippen LogP) is 3.95. The van der Waals surface area contributed by atoms with Crippen LogP contribution in [0.4, 0.5) is 10.5 Å². The monoisotopic (exact) mass is 496 g/mol. The van der Waals surface area contributed by atoms with Gasteiger partial charge in [0.25, 0.3) is 0 Å². The number of fused-ring (bicyclic) bond motifs is 1. The van der Waals surface area contributed by atoms with Crippen molar-refractivity contribution in [3.8, 4) is 17.6 Å². The average molecular weight is 497 g/mol. The van der Waals surface area contributed by atoms with Crippen LogP contribution in [-0.4, -0.2) is 71.4 Å². The van der Waals surface area contributed by atoms with Crippen molar-refractivity contribution in [3.63, 3.8) is 0 Å². The van der Waals surface area contributed by atoms with Crippen LogP contribution in [0.25, 0.3) is 0 Å². The second-order valence-electron chi connectivity index (χ2n) is 9.48. The third kappa shape index (κ3) is 5.61. The van der Waals surface area contributed by atoms with Crippen molar-refractivity contribution < 1.29 is 14.6 Å². The number of rotatable bonds is 4. The Labute approximate surface area is 218 Å². The van der Waals surface area contributed by atoms with Gasteiger partial charge < -0.3 is 20.1 Å². The molecule has 2 fully saturated rings. The van der Waals surface area contributed by atoms with E-state index in [1.807, 2.05) is 59.5 Å². The van der Waals surface area contributed by atoms with E-state index in [1.165, 1.54) is 5.56 Å². The zero-order valence-corrected chi connectivity index (χ0v) is 21.0. The minimum absolute atomic E-state index is 0.0556. The molecular formula is C30H32N4O3. The number of aromatic nitrogens is 1. The Kier molecular flexibility index (Phi) is 7.69. The van der Waals surface area contributed by atoms with Crippen LogP contribution in [0.3, 0.4) is 0 Å². The first-order chi connectivity index (χ1) is 18.2. The molecule has 2 amide bonds. The fourth-order valence-corrected chi connectivity index (χ4v) is 5.36. The number of hydrogen-bond acceptors (Lipinski definition) is 5. The number of nitrogens with one attached hydrogen (secondary N) is 1. The molecule has 2 aliphatic heterocycles. The molecule has 0 saturated carbocycles. The number of nitrogens with zero attached hydrogens (tertiary/aromatic N) is 3. The molecule has 0 bridgehead atoms. The maximum absolute atomic E-state index is 13.2. The first kappa shape index (κ1) is 24.8. The molecular weight excluding hydrogens is 464 g/mol. The van der Waals surface area contributed by atoms with Crippen LogP contribution in [-0.2, 0) is 0 Å². The summed E-state index contributed by atoms with van der Waals surface area (Å²) < 4.78 is 5.21. The third-order valence-corrected chi connectivity index (χ3v) is 7.29. The van der Waals surface area contributed by atoms with E-state index < -0.39 is 0 Å². The van der Waals surface area contributed by atoms with Gasteiger partial charge in [-0.15, -0.1) is 0 Å². The van der Waals surface area contributed by atoms with E-state index in [4.69, 9.17) is 4.74 Å². The number of hydrogen-bond donors (Lipinski definition) is 2. The number of carbonyl (C=O) groups is 1. The van der Waals surface area contributed by atoms with Gasteiger partial charge in [-0.05, 0) is 79.4 Å². The maximum Gasteiger partial charge on any atom is 0.321 e. The van der Waals surface area contributed by atoms with Crippen LogP contribution < -0.4 is 10.1 Å². The van der Waals surface area contributed by atoms with Crippen molar-refractivity contribution in [1.29, 1.82) is 0 Å². The average Bonchev–Trinajstić information content (AvgIpc) is 2.92. The van der Waals surface area contributed by atoms with Crippen LogP contribution >= 0.6 is 0 Å². The van der Waals surface area contributed by atoms with Crippen LogP contribution in [0.1, 0.15) is 35.6 Å². The summed E-state index contributed by atoms with van der Waals surface area (Å²) in [5, 5.41) is 13.3. The fourth-order valence-electron chi connectivity index (χ4n) is 5.36. The molecule has 5 rings (SSSR count). The van der Waals surface area contributed by atoms with E-state index in [9.17, 15) is 9.90 Å². The second-order valence-corrected chi connectivity index (χ2v) is 9.48. The van der Waals surface area contributed by atoms with Gasteiger partial charge in [0.2, 0.25) is 0 Å². The third-order valence-electron chi connectivity index (χ3n) is 7.29. The minimum atomic E-state index is -0.0987. The lowest BCUT2D eigenvalue weighted by Crippen LogP contribution is -2.68. The molecule has 3 heterocycles. The quantitative estimate of drug-likeness (QED) is 0.535. The number of anilines is 1. The molecule has 2 N–H and O–H groups in total. The van der Waals surface area contributed by atoms with Gasteiger partial charge in [-0.25, -0.2) is 9.78 Å². The van der Waals surface area contributed by atoms with Gasteiger partial charge in [0.1, 0.15) is 11.4 Å². The SMILES string of the molecule is COc1ccc(NC(=O)N2CCCCN3[C@@H](CO)C(c4ccc(C#Cc5ccccn5)cc4)[C@@H]3C2)cc1. The van der Waals surface area contributed by atoms with E-state index in [1.54, 1.807) is 13.3 Å². The summed E-state index contributed by atoms with van der Waals surface area (Å²) in [5.74, 6) is 7.17. The molecule has 0 radical (unpaired) electrons. The van der Waals surface area contributed by atoms with E-state index in [0.717, 1.165) is 42.1 Å². The van der Waals surface area contributed by atoms with E-state index in [-0.39, 0.29) is 30.6 Å². The Hall–Kier alpha value is -3.86. The van der Waals surface area contributed by atoms with Gasteiger partial charge >= 0.3 is 6.03 Å². The minimum Gasteiger partial charge on any atom is -0.497 e. The van der Waals surface area contributed by atoms with Crippen molar-refractivity contribution >= 4 is 11.7 Å². The van der Waals surface area contributed by atoms with Crippen molar-refractivity contribution in [1.82, 2.24) is 14.8 Å². The normalized spacial score (nSPS) is 21.4. The molecule has 2 aromatic carbocycles. The van der Waals surface area contributed by atoms with Crippen molar-refractivity contribution in [3.05, 3.63) is 89.7 Å². The topological polar surface area (TPSA) is 77.9 Å². The van der Waals surface area contributed by atoms with E-state index >= 15 is 0 Å². The molecule has 0 aliphatic carbocycles. The number of aliphatic hydroxyl groups excluding tert-OH is 1. The number of urea groups is 1. The highest BCUT2D eigenvalue weighted by molar-refractivity contribution is 5.89. The smallest absolute Gasteiger partial charge is 0.321 e. The summed E-state index contributed by atoms with van der Waals surface area (Å²) >= 11 is 0. The molecule has 3 aromatic rings. The van der Waals surface area contributed by atoms with E-state index in [0.29, 0.717) is 13.1 Å². The van der Waals surface area contributed by atoms with Gasteiger partial charge in [0.05, 0.1) is 13.7 Å². The number of amides is 2. The van der Waals surface area contributed by atoms with Crippen LogP contribution in [0.2, 0.25) is 0 Å². The Morgan fingerprint density at radius 2 is 1.84 bits per heavy atom. The Morgan fingerprint density at radius 1 is 1.05 bits per heavy atom. The highest BCUT2D eigenvalue weighted by Crippen LogP contribution is 2.42. The number of aliphatic hydroxyl groups is 1. The summed E-state index contributed by atoms with van der Waals surface area (Å²) in [6.07, 6.45) is 3.67. The maximum atomic E-state index is 13.2. The highest BCUT2D eigenvalue weighted by Gasteiger charge is 2.49. The van der Waals surface area contributed by atoms with Gasteiger partial charge in [0, 0.05) is 48.5 Å². The van der Waals surface area contributed by atoms with Crippen molar-refractivity contribution in [2.24, 2.45) is 0 Å². The largest absolute Gasteiger partial charge is 0.497 e. The summed E-state index contributed by atoms with van der Waals surface area (Å²) in [5.41, 5.74) is 3.57. The molecule has 2 saturated heterocycles. The zero-order valence-electron chi connectivity index (χ0n) is 21.0. The summed E-state index contributed by atoms with van der Waals surface area (Å²) in [4.78, 5) is 21.7. The standard InChI is InChI=1S/C30H32N4O3/c1-37-26-15-13-25(14-16-26)32-30(36)33-18-4-5-19-34-27(20-33)29(28(34)21-35)23-10-7-22(8-11-23)9-12-24-6-2-3-17-31-24/h2-3,6-8,10-11,13-17,27-29,35H,4-5,18-21H2,1H3,(H,32,36)/t27-,28-,29?/m0/s1. The lowest BCUT2D eigenvalue weighted by Gasteiger charge is -2.57. The molecule has 190 valence electrons. The highest BCUT2D eigenvalue weighted by atomic mass is 16.5.